The second kappa shape index (κ2) is 4.36. The summed E-state index contributed by atoms with van der Waals surface area (Å²) >= 11 is 0. The number of hydrogen-bond donors (Lipinski definition) is 2. The number of benzene rings is 1. The molecule has 1 aromatic carbocycles. The molecule has 0 aliphatic rings. The Kier molecular flexibility index (Phi) is 2.91. The van der Waals surface area contributed by atoms with Crippen LogP contribution in [0.4, 0.5) is 8.78 Å². The third-order valence-electron chi connectivity index (χ3n) is 2.21. The molecule has 0 amide bonds. The molecular weight excluding hydrogens is 216 g/mol. The number of H-pyrrole nitrogens is 1. The first-order valence-corrected chi connectivity index (χ1v) is 4.64. The summed E-state index contributed by atoms with van der Waals surface area (Å²) in [6.45, 7) is 0. The van der Waals surface area contributed by atoms with Crippen LogP contribution in [-0.2, 0) is 6.42 Å². The zero-order chi connectivity index (χ0) is 11.5. The van der Waals surface area contributed by atoms with Gasteiger partial charge in [-0.15, -0.1) is 0 Å². The Morgan fingerprint density at radius 2 is 2.00 bits per heavy atom. The zero-order valence-corrected chi connectivity index (χ0v) is 8.19. The van der Waals surface area contributed by atoms with Crippen LogP contribution in [-0.4, -0.2) is 20.3 Å². The number of rotatable bonds is 3. The summed E-state index contributed by atoms with van der Waals surface area (Å²) in [5.41, 5.74) is -0.161. The molecule has 0 fully saturated rings. The third kappa shape index (κ3) is 2.06. The summed E-state index contributed by atoms with van der Waals surface area (Å²) in [6, 6.07) is 3.56. The fourth-order valence-corrected chi connectivity index (χ4v) is 1.39. The summed E-state index contributed by atoms with van der Waals surface area (Å²) in [6.07, 6.45) is -0.0712. The van der Waals surface area contributed by atoms with E-state index in [9.17, 15) is 13.9 Å². The molecule has 0 saturated heterocycles. The van der Waals surface area contributed by atoms with Crippen LogP contribution in [0.25, 0.3) is 0 Å². The number of aliphatic hydroxyl groups excluding tert-OH is 1. The van der Waals surface area contributed by atoms with Crippen molar-refractivity contribution in [1.82, 2.24) is 15.2 Å². The van der Waals surface area contributed by atoms with Crippen LogP contribution in [0.1, 0.15) is 17.5 Å². The minimum absolute atomic E-state index is 0.161. The van der Waals surface area contributed by atoms with Crippen LogP contribution < -0.4 is 0 Å². The Balaban J connectivity index is 2.21. The van der Waals surface area contributed by atoms with E-state index in [0.29, 0.717) is 0 Å². The van der Waals surface area contributed by atoms with Crippen molar-refractivity contribution in [2.24, 2.45) is 0 Å². The average molecular weight is 225 g/mol. The molecule has 1 heterocycles. The van der Waals surface area contributed by atoms with E-state index in [0.717, 1.165) is 12.1 Å². The Bertz CT molecular complexity index is 453. The quantitative estimate of drug-likeness (QED) is 0.829. The summed E-state index contributed by atoms with van der Waals surface area (Å²) in [5.74, 6) is -1.18. The lowest BCUT2D eigenvalue weighted by molar-refractivity contribution is 0.166. The largest absolute Gasteiger partial charge is 0.385 e. The molecule has 84 valence electrons. The predicted molar refractivity (Wildman–Crippen MR) is 51.4 cm³/mol. The molecule has 0 aliphatic heterocycles. The van der Waals surface area contributed by atoms with E-state index in [2.05, 4.69) is 15.2 Å². The van der Waals surface area contributed by atoms with Crippen molar-refractivity contribution < 1.29 is 13.9 Å². The van der Waals surface area contributed by atoms with Gasteiger partial charge >= 0.3 is 0 Å². The van der Waals surface area contributed by atoms with Gasteiger partial charge in [0, 0.05) is 12.0 Å². The van der Waals surface area contributed by atoms with Crippen molar-refractivity contribution >= 4 is 0 Å². The maximum Gasteiger partial charge on any atom is 0.153 e. The Labute approximate surface area is 90.0 Å². The van der Waals surface area contributed by atoms with Gasteiger partial charge in [-0.25, -0.2) is 13.8 Å². The molecule has 0 spiro atoms. The number of nitrogens with zero attached hydrogens (tertiary/aromatic N) is 2. The molecule has 6 heteroatoms. The highest BCUT2D eigenvalue weighted by Crippen LogP contribution is 2.19. The van der Waals surface area contributed by atoms with Crippen LogP contribution in [0.3, 0.4) is 0 Å². The molecule has 2 aromatic rings. The van der Waals surface area contributed by atoms with Crippen LogP contribution in [0.15, 0.2) is 24.5 Å². The molecule has 1 aromatic heterocycles. The number of aromatic nitrogens is 3. The van der Waals surface area contributed by atoms with Gasteiger partial charge in [-0.05, 0) is 12.1 Å². The Morgan fingerprint density at radius 1 is 1.31 bits per heavy atom. The first-order valence-electron chi connectivity index (χ1n) is 4.64. The van der Waals surface area contributed by atoms with Gasteiger partial charge in [0.1, 0.15) is 24.1 Å². The van der Waals surface area contributed by atoms with E-state index in [1.165, 1.54) is 12.4 Å². The van der Waals surface area contributed by atoms with Crippen molar-refractivity contribution in [3.63, 3.8) is 0 Å². The SMILES string of the molecule is OC(Cc1c(F)cccc1F)c1ncn[nH]1. The monoisotopic (exact) mass is 225 g/mol. The van der Waals surface area contributed by atoms with Crippen molar-refractivity contribution in [2.75, 3.05) is 0 Å². The third-order valence-corrected chi connectivity index (χ3v) is 2.21. The van der Waals surface area contributed by atoms with Gasteiger partial charge in [0.25, 0.3) is 0 Å². The minimum Gasteiger partial charge on any atom is -0.385 e. The second-order valence-electron chi connectivity index (χ2n) is 3.29. The number of nitrogens with one attached hydrogen (secondary N) is 1. The van der Waals surface area contributed by atoms with Crippen LogP contribution in [0.2, 0.25) is 0 Å². The number of aliphatic hydroxyl groups is 1. The normalized spacial score (nSPS) is 12.7. The number of hydrogen-bond acceptors (Lipinski definition) is 3. The lowest BCUT2D eigenvalue weighted by atomic mass is 10.1. The summed E-state index contributed by atoms with van der Waals surface area (Å²) < 4.78 is 26.5. The van der Waals surface area contributed by atoms with Crippen molar-refractivity contribution in [3.8, 4) is 0 Å². The summed E-state index contributed by atoms with van der Waals surface area (Å²) in [7, 11) is 0. The van der Waals surface area contributed by atoms with Crippen molar-refractivity contribution in [2.45, 2.75) is 12.5 Å². The average Bonchev–Trinajstić information content (AvgIpc) is 2.76. The topological polar surface area (TPSA) is 61.8 Å². The van der Waals surface area contributed by atoms with E-state index in [1.807, 2.05) is 0 Å². The van der Waals surface area contributed by atoms with Crippen molar-refractivity contribution in [3.05, 3.63) is 47.5 Å². The second-order valence-corrected chi connectivity index (χ2v) is 3.29. The predicted octanol–water partition coefficient (Wildman–Crippen LogP) is 1.36. The van der Waals surface area contributed by atoms with Gasteiger partial charge in [0.05, 0.1) is 0 Å². The highest BCUT2D eigenvalue weighted by Gasteiger charge is 2.16. The van der Waals surface area contributed by atoms with E-state index in [-0.39, 0.29) is 17.8 Å². The van der Waals surface area contributed by atoms with Gasteiger partial charge in [-0.1, -0.05) is 6.07 Å². The highest BCUT2D eigenvalue weighted by atomic mass is 19.1. The molecule has 1 atom stereocenters. The molecule has 4 nitrogen and oxygen atoms in total. The molecule has 0 bridgehead atoms. The highest BCUT2D eigenvalue weighted by molar-refractivity contribution is 5.21. The standard InChI is InChI=1S/C10H9F2N3O/c11-7-2-1-3-8(12)6(7)4-9(16)10-13-5-14-15-10/h1-3,5,9,16H,4H2,(H,13,14,15). The number of halogens is 2. The summed E-state index contributed by atoms with van der Waals surface area (Å²) in [4.78, 5) is 3.71. The van der Waals surface area contributed by atoms with Crippen LogP contribution in [0.5, 0.6) is 0 Å². The lowest BCUT2D eigenvalue weighted by Crippen LogP contribution is -2.07. The molecule has 1 unspecified atom stereocenters. The molecule has 2 N–H and O–H groups in total. The Morgan fingerprint density at radius 3 is 2.56 bits per heavy atom. The van der Waals surface area contributed by atoms with Gasteiger partial charge < -0.3 is 5.11 Å². The summed E-state index contributed by atoms with van der Waals surface area (Å²) in [5, 5.41) is 15.6. The molecule has 16 heavy (non-hydrogen) atoms. The lowest BCUT2D eigenvalue weighted by Gasteiger charge is -2.08. The first-order chi connectivity index (χ1) is 7.68. The van der Waals surface area contributed by atoms with Crippen LogP contribution in [0, 0.1) is 11.6 Å². The first kappa shape index (κ1) is 10.7. The minimum atomic E-state index is -1.10. The molecular formula is C10H9F2N3O. The van der Waals surface area contributed by atoms with Gasteiger partial charge in [-0.3, -0.25) is 5.10 Å². The maximum absolute atomic E-state index is 13.3. The Hall–Kier alpha value is -1.82. The van der Waals surface area contributed by atoms with E-state index in [1.54, 1.807) is 0 Å². The van der Waals surface area contributed by atoms with Gasteiger partial charge in [-0.2, -0.15) is 5.10 Å². The van der Waals surface area contributed by atoms with E-state index >= 15 is 0 Å². The van der Waals surface area contributed by atoms with Crippen LogP contribution >= 0.6 is 0 Å². The smallest absolute Gasteiger partial charge is 0.153 e. The molecule has 0 aliphatic carbocycles. The molecule has 2 rings (SSSR count). The van der Waals surface area contributed by atoms with Crippen molar-refractivity contribution in [1.29, 1.82) is 0 Å². The van der Waals surface area contributed by atoms with E-state index in [4.69, 9.17) is 0 Å². The van der Waals surface area contributed by atoms with Gasteiger partial charge in [0.2, 0.25) is 0 Å². The maximum atomic E-state index is 13.3. The van der Waals surface area contributed by atoms with Gasteiger partial charge in [0.15, 0.2) is 5.82 Å². The fraction of sp³-hybridized carbons (Fsp3) is 0.200. The fourth-order valence-electron chi connectivity index (χ4n) is 1.39. The number of aromatic amines is 1. The molecule has 0 radical (unpaired) electrons. The zero-order valence-electron chi connectivity index (χ0n) is 8.19. The van der Waals surface area contributed by atoms with E-state index < -0.39 is 17.7 Å². The molecule has 0 saturated carbocycles.